The number of rotatable bonds is 2. The van der Waals surface area contributed by atoms with Gasteiger partial charge in [-0.3, -0.25) is 9.59 Å². The van der Waals surface area contributed by atoms with Crippen LogP contribution in [-0.2, 0) is 4.79 Å². The van der Waals surface area contributed by atoms with E-state index in [9.17, 15) is 9.59 Å². The lowest BCUT2D eigenvalue weighted by molar-refractivity contribution is -0.124. The Morgan fingerprint density at radius 2 is 2.21 bits per heavy atom. The van der Waals surface area contributed by atoms with Gasteiger partial charge in [-0.25, -0.2) is 0 Å². The molecule has 19 heavy (non-hydrogen) atoms. The molecule has 1 aliphatic rings. The number of amides is 2. The van der Waals surface area contributed by atoms with Crippen LogP contribution in [0.25, 0.3) is 0 Å². The Balaban J connectivity index is 2.23. The van der Waals surface area contributed by atoms with E-state index in [4.69, 9.17) is 17.3 Å². The number of carbonyl (C=O) groups is 2. The topological polar surface area (TPSA) is 75.4 Å². The van der Waals surface area contributed by atoms with E-state index in [1.807, 2.05) is 0 Å². The van der Waals surface area contributed by atoms with Crippen LogP contribution in [0.15, 0.2) is 18.2 Å². The number of halogens is 1. The zero-order chi connectivity index (χ0) is 14.0. The van der Waals surface area contributed by atoms with Crippen molar-refractivity contribution >= 4 is 29.1 Å². The zero-order valence-corrected chi connectivity index (χ0v) is 11.4. The minimum absolute atomic E-state index is 0.132. The Morgan fingerprint density at radius 1 is 1.47 bits per heavy atom. The predicted molar refractivity (Wildman–Crippen MR) is 74.0 cm³/mol. The third kappa shape index (κ3) is 2.66. The molecule has 0 aromatic heterocycles. The number of hydrogen-bond donors (Lipinski definition) is 2. The lowest BCUT2D eigenvalue weighted by Gasteiger charge is -2.23. The molecule has 1 heterocycles. The lowest BCUT2D eigenvalue weighted by atomic mass is 10.1. The van der Waals surface area contributed by atoms with E-state index in [0.29, 0.717) is 29.2 Å². The standard InChI is InChI=1S/C13H16ClN3O2/c1-16-12(18)11-3-2-6-17(11)13(19)8-4-5-10(15)9(14)7-8/h4-5,7,11H,2-3,6,15H2,1H3,(H,16,18). The zero-order valence-electron chi connectivity index (χ0n) is 10.6. The highest BCUT2D eigenvalue weighted by Crippen LogP contribution is 2.24. The van der Waals surface area contributed by atoms with Gasteiger partial charge in [0, 0.05) is 19.2 Å². The molecule has 2 rings (SSSR count). The fourth-order valence-electron chi connectivity index (χ4n) is 2.27. The maximum atomic E-state index is 12.4. The van der Waals surface area contributed by atoms with Crippen molar-refractivity contribution in [1.29, 1.82) is 0 Å². The van der Waals surface area contributed by atoms with Crippen LogP contribution in [0.5, 0.6) is 0 Å². The molecule has 1 unspecified atom stereocenters. The first-order chi connectivity index (χ1) is 9.04. The van der Waals surface area contributed by atoms with Gasteiger partial charge in [-0.05, 0) is 31.0 Å². The van der Waals surface area contributed by atoms with Gasteiger partial charge in [-0.2, -0.15) is 0 Å². The molecule has 1 aromatic carbocycles. The summed E-state index contributed by atoms with van der Waals surface area (Å²) in [6.07, 6.45) is 1.51. The first kappa shape index (κ1) is 13.7. The van der Waals surface area contributed by atoms with Gasteiger partial charge in [0.05, 0.1) is 10.7 Å². The SMILES string of the molecule is CNC(=O)C1CCCN1C(=O)c1ccc(N)c(Cl)c1. The number of nitrogen functional groups attached to an aromatic ring is 1. The Labute approximate surface area is 116 Å². The Morgan fingerprint density at radius 3 is 2.84 bits per heavy atom. The van der Waals surface area contributed by atoms with Crippen molar-refractivity contribution in [3.63, 3.8) is 0 Å². The second-order valence-electron chi connectivity index (χ2n) is 4.51. The predicted octanol–water partition coefficient (Wildman–Crippen LogP) is 1.27. The molecule has 0 spiro atoms. The molecule has 0 bridgehead atoms. The van der Waals surface area contributed by atoms with Gasteiger partial charge in [-0.15, -0.1) is 0 Å². The van der Waals surface area contributed by atoms with Crippen LogP contribution in [0, 0.1) is 0 Å². The lowest BCUT2D eigenvalue weighted by Crippen LogP contribution is -2.44. The molecule has 0 aliphatic carbocycles. The number of hydrogen-bond acceptors (Lipinski definition) is 3. The van der Waals surface area contributed by atoms with Crippen molar-refractivity contribution in [2.24, 2.45) is 0 Å². The maximum absolute atomic E-state index is 12.4. The number of nitrogens with two attached hydrogens (primary N) is 1. The highest BCUT2D eigenvalue weighted by Gasteiger charge is 2.33. The molecule has 1 aromatic rings. The first-order valence-corrected chi connectivity index (χ1v) is 6.50. The molecule has 1 atom stereocenters. The smallest absolute Gasteiger partial charge is 0.254 e. The summed E-state index contributed by atoms with van der Waals surface area (Å²) in [5.74, 6) is -0.319. The summed E-state index contributed by atoms with van der Waals surface area (Å²) in [6, 6.07) is 4.37. The molecular formula is C13H16ClN3O2. The van der Waals surface area contributed by atoms with Gasteiger partial charge < -0.3 is 16.0 Å². The van der Waals surface area contributed by atoms with Crippen molar-refractivity contribution in [3.05, 3.63) is 28.8 Å². The third-order valence-electron chi connectivity index (χ3n) is 3.31. The summed E-state index contributed by atoms with van der Waals surface area (Å²) >= 11 is 5.92. The third-order valence-corrected chi connectivity index (χ3v) is 3.64. The molecule has 2 amide bonds. The minimum atomic E-state index is -0.395. The quantitative estimate of drug-likeness (QED) is 0.802. The number of likely N-dealkylation sites (N-methyl/N-ethyl adjacent to an activating group) is 1. The highest BCUT2D eigenvalue weighted by molar-refractivity contribution is 6.33. The van der Waals surface area contributed by atoms with Crippen LogP contribution in [0.3, 0.4) is 0 Å². The minimum Gasteiger partial charge on any atom is -0.398 e. The van der Waals surface area contributed by atoms with Crippen LogP contribution < -0.4 is 11.1 Å². The molecule has 3 N–H and O–H groups in total. The molecule has 1 saturated heterocycles. The van der Waals surface area contributed by atoms with Crippen LogP contribution in [0.1, 0.15) is 23.2 Å². The molecule has 1 aliphatic heterocycles. The molecule has 1 fully saturated rings. The van der Waals surface area contributed by atoms with Gasteiger partial charge >= 0.3 is 0 Å². The summed E-state index contributed by atoms with van der Waals surface area (Å²) in [6.45, 7) is 0.582. The highest BCUT2D eigenvalue weighted by atomic mass is 35.5. The average Bonchev–Trinajstić information content (AvgIpc) is 2.89. The average molecular weight is 282 g/mol. The van der Waals surface area contributed by atoms with Crippen LogP contribution in [-0.4, -0.2) is 36.3 Å². The number of likely N-dealkylation sites (tertiary alicyclic amines) is 1. The largest absolute Gasteiger partial charge is 0.398 e. The molecular weight excluding hydrogens is 266 g/mol. The monoisotopic (exact) mass is 281 g/mol. The second kappa shape index (κ2) is 5.48. The van der Waals surface area contributed by atoms with Crippen LogP contribution in [0.4, 0.5) is 5.69 Å². The van der Waals surface area contributed by atoms with Gasteiger partial charge in [-0.1, -0.05) is 11.6 Å². The number of anilines is 1. The van der Waals surface area contributed by atoms with E-state index in [1.165, 1.54) is 0 Å². The van der Waals surface area contributed by atoms with E-state index < -0.39 is 6.04 Å². The van der Waals surface area contributed by atoms with Crippen LogP contribution >= 0.6 is 11.6 Å². The molecule has 0 radical (unpaired) electrons. The van der Waals surface area contributed by atoms with Crippen LogP contribution in [0.2, 0.25) is 5.02 Å². The molecule has 0 saturated carbocycles. The Hall–Kier alpha value is -1.75. The van der Waals surface area contributed by atoms with Crippen molar-refractivity contribution in [1.82, 2.24) is 10.2 Å². The molecule has 102 valence electrons. The summed E-state index contributed by atoms with van der Waals surface area (Å²) in [7, 11) is 1.57. The van der Waals surface area contributed by atoms with Gasteiger partial charge in [0.15, 0.2) is 0 Å². The van der Waals surface area contributed by atoms with Crippen molar-refractivity contribution < 1.29 is 9.59 Å². The molecule has 6 heteroatoms. The maximum Gasteiger partial charge on any atom is 0.254 e. The fourth-order valence-corrected chi connectivity index (χ4v) is 2.46. The first-order valence-electron chi connectivity index (χ1n) is 6.12. The molecule has 5 nitrogen and oxygen atoms in total. The Kier molecular flexibility index (Phi) is 3.95. The van der Waals surface area contributed by atoms with E-state index in [-0.39, 0.29) is 11.8 Å². The van der Waals surface area contributed by atoms with Gasteiger partial charge in [0.25, 0.3) is 5.91 Å². The van der Waals surface area contributed by atoms with Crippen molar-refractivity contribution in [3.8, 4) is 0 Å². The number of nitrogens with zero attached hydrogens (tertiary/aromatic N) is 1. The fraction of sp³-hybridized carbons (Fsp3) is 0.385. The number of benzene rings is 1. The Bertz CT molecular complexity index is 519. The van der Waals surface area contributed by atoms with Gasteiger partial charge in [0.2, 0.25) is 5.91 Å². The van der Waals surface area contributed by atoms with E-state index in [2.05, 4.69) is 5.32 Å². The summed E-state index contributed by atoms with van der Waals surface area (Å²) in [5, 5.41) is 2.93. The summed E-state index contributed by atoms with van der Waals surface area (Å²) in [4.78, 5) is 25.7. The van der Waals surface area contributed by atoms with E-state index in [0.717, 1.165) is 6.42 Å². The van der Waals surface area contributed by atoms with Crippen molar-refractivity contribution in [2.75, 3.05) is 19.3 Å². The second-order valence-corrected chi connectivity index (χ2v) is 4.91. The van der Waals surface area contributed by atoms with Crippen molar-refractivity contribution in [2.45, 2.75) is 18.9 Å². The normalized spacial score (nSPS) is 18.4. The van der Waals surface area contributed by atoms with Gasteiger partial charge in [0.1, 0.15) is 6.04 Å². The summed E-state index contributed by atoms with van der Waals surface area (Å²) in [5.41, 5.74) is 6.50. The number of carbonyl (C=O) groups excluding carboxylic acids is 2. The number of nitrogens with one attached hydrogen (secondary N) is 1. The van der Waals surface area contributed by atoms with E-state index >= 15 is 0 Å². The van der Waals surface area contributed by atoms with E-state index in [1.54, 1.807) is 30.1 Å². The summed E-state index contributed by atoms with van der Waals surface area (Å²) < 4.78 is 0.